The summed E-state index contributed by atoms with van der Waals surface area (Å²) in [6, 6.07) is 22.5. The van der Waals surface area contributed by atoms with Crippen LogP contribution in [0.1, 0.15) is 19.4 Å². The molecular weight excluding hydrogens is 464 g/mol. The zero-order valence-electron chi connectivity index (χ0n) is 21.4. The van der Waals surface area contributed by atoms with Gasteiger partial charge >= 0.3 is 6.09 Å². The number of amides is 1. The molecule has 37 heavy (non-hydrogen) atoms. The summed E-state index contributed by atoms with van der Waals surface area (Å²) in [6.45, 7) is 6.12. The maximum absolute atomic E-state index is 11.8. The number of aromatic nitrogens is 2. The molecule has 4 N–H and O–H groups in total. The van der Waals surface area contributed by atoms with E-state index in [2.05, 4.69) is 51.9 Å². The van der Waals surface area contributed by atoms with Crippen molar-refractivity contribution in [1.82, 2.24) is 20.2 Å². The van der Waals surface area contributed by atoms with Crippen molar-refractivity contribution < 1.29 is 9.53 Å². The van der Waals surface area contributed by atoms with Crippen LogP contribution in [-0.2, 0) is 11.3 Å². The summed E-state index contributed by atoms with van der Waals surface area (Å²) in [5.41, 5.74) is 14.1. The standard InChI is InChI=1S/C29H32N6O2/c1-18(2)37-29(36)32-22-16-35(17-22)15-19-9-11-21(12-10-19)28-27(20-7-5-4-6-8-20)34-26-14-24(31-3)23(30)13-25(26)33-28/h4-14,18,22,31H,15-17,30H2,1-3H3,(H,32,36). The summed E-state index contributed by atoms with van der Waals surface area (Å²) in [6.07, 6.45) is -0.466. The fourth-order valence-electron chi connectivity index (χ4n) is 4.57. The number of hydrogen-bond donors (Lipinski definition) is 3. The van der Waals surface area contributed by atoms with Gasteiger partial charge in [-0.15, -0.1) is 0 Å². The minimum Gasteiger partial charge on any atom is -0.447 e. The molecule has 190 valence electrons. The average Bonchev–Trinajstić information content (AvgIpc) is 2.87. The first-order valence-corrected chi connectivity index (χ1v) is 12.5. The number of nitrogens with zero attached hydrogens (tertiary/aromatic N) is 3. The van der Waals surface area contributed by atoms with Crippen LogP contribution in [0.4, 0.5) is 16.2 Å². The molecule has 0 atom stereocenters. The highest BCUT2D eigenvalue weighted by Gasteiger charge is 2.28. The normalized spacial score (nSPS) is 13.9. The Morgan fingerprint density at radius 1 is 1.00 bits per heavy atom. The van der Waals surface area contributed by atoms with Gasteiger partial charge in [0.1, 0.15) is 0 Å². The maximum atomic E-state index is 11.8. The van der Waals surface area contributed by atoms with Crippen LogP contribution in [0, 0.1) is 0 Å². The van der Waals surface area contributed by atoms with Gasteiger partial charge in [0, 0.05) is 37.8 Å². The number of likely N-dealkylation sites (tertiary alicyclic amines) is 1. The minimum absolute atomic E-state index is 0.118. The first-order chi connectivity index (χ1) is 17.9. The van der Waals surface area contributed by atoms with E-state index < -0.39 is 0 Å². The number of carbonyl (C=O) groups excluding carboxylic acids is 1. The Hall–Kier alpha value is -4.17. The number of nitrogen functional groups attached to an aromatic ring is 1. The summed E-state index contributed by atoms with van der Waals surface area (Å²) < 4.78 is 5.16. The predicted octanol–water partition coefficient (Wildman–Crippen LogP) is 4.91. The molecule has 0 spiro atoms. The quantitative estimate of drug-likeness (QED) is 0.312. The molecule has 0 bridgehead atoms. The number of nitrogens with one attached hydrogen (secondary N) is 2. The third kappa shape index (κ3) is 5.49. The molecular formula is C29H32N6O2. The molecule has 8 nitrogen and oxygen atoms in total. The van der Waals surface area contributed by atoms with Crippen LogP contribution in [0.15, 0.2) is 66.7 Å². The Kier molecular flexibility index (Phi) is 6.92. The molecule has 1 aromatic heterocycles. The lowest BCUT2D eigenvalue weighted by Gasteiger charge is -2.39. The molecule has 1 aliphatic rings. The van der Waals surface area contributed by atoms with Crippen molar-refractivity contribution in [3.8, 4) is 22.5 Å². The number of rotatable bonds is 7. The number of hydrogen-bond acceptors (Lipinski definition) is 7. The molecule has 1 amide bonds. The van der Waals surface area contributed by atoms with E-state index in [1.165, 1.54) is 5.56 Å². The molecule has 4 aromatic rings. The highest BCUT2D eigenvalue weighted by molar-refractivity contribution is 5.91. The van der Waals surface area contributed by atoms with Crippen molar-refractivity contribution in [2.45, 2.75) is 32.5 Å². The van der Waals surface area contributed by atoms with Gasteiger partial charge in [-0.2, -0.15) is 0 Å². The molecule has 1 saturated heterocycles. The predicted molar refractivity (Wildman–Crippen MR) is 148 cm³/mol. The van der Waals surface area contributed by atoms with E-state index in [1.54, 1.807) is 0 Å². The zero-order chi connectivity index (χ0) is 25.9. The second-order valence-corrected chi connectivity index (χ2v) is 9.65. The molecule has 3 aromatic carbocycles. The van der Waals surface area contributed by atoms with Crippen LogP contribution in [0.5, 0.6) is 0 Å². The highest BCUT2D eigenvalue weighted by Crippen LogP contribution is 2.33. The van der Waals surface area contributed by atoms with E-state index in [4.69, 9.17) is 20.4 Å². The van der Waals surface area contributed by atoms with Gasteiger partial charge in [0.2, 0.25) is 0 Å². The maximum Gasteiger partial charge on any atom is 0.407 e. The summed E-state index contributed by atoms with van der Waals surface area (Å²) >= 11 is 0. The van der Waals surface area contributed by atoms with E-state index in [-0.39, 0.29) is 18.2 Å². The fraction of sp³-hybridized carbons (Fsp3) is 0.276. The Bertz CT molecular complexity index is 1400. The second kappa shape index (κ2) is 10.4. The lowest BCUT2D eigenvalue weighted by atomic mass is 10.0. The van der Waals surface area contributed by atoms with Gasteiger partial charge in [0.05, 0.1) is 45.9 Å². The van der Waals surface area contributed by atoms with Gasteiger partial charge < -0.3 is 21.1 Å². The largest absolute Gasteiger partial charge is 0.447 e. The molecule has 0 saturated carbocycles. The van der Waals surface area contributed by atoms with Crippen LogP contribution in [0.2, 0.25) is 0 Å². The van der Waals surface area contributed by atoms with Crippen LogP contribution < -0.4 is 16.4 Å². The van der Waals surface area contributed by atoms with Crippen molar-refractivity contribution in [2.75, 3.05) is 31.2 Å². The summed E-state index contributed by atoms with van der Waals surface area (Å²) in [4.78, 5) is 24.1. The van der Waals surface area contributed by atoms with E-state index in [9.17, 15) is 4.79 Å². The molecule has 2 heterocycles. The summed E-state index contributed by atoms with van der Waals surface area (Å²) in [5.74, 6) is 0. The Labute approximate surface area is 216 Å². The second-order valence-electron chi connectivity index (χ2n) is 9.65. The Balaban J connectivity index is 1.36. The number of fused-ring (bicyclic) bond motifs is 1. The van der Waals surface area contributed by atoms with Gasteiger partial charge in [-0.05, 0) is 31.5 Å². The van der Waals surface area contributed by atoms with E-state index in [0.29, 0.717) is 5.69 Å². The van der Waals surface area contributed by atoms with Crippen molar-refractivity contribution in [2.24, 2.45) is 0 Å². The number of nitrogens with two attached hydrogens (primary N) is 1. The molecule has 1 fully saturated rings. The van der Waals surface area contributed by atoms with Crippen LogP contribution >= 0.6 is 0 Å². The number of benzene rings is 3. The van der Waals surface area contributed by atoms with Gasteiger partial charge in [0.15, 0.2) is 0 Å². The van der Waals surface area contributed by atoms with Gasteiger partial charge in [-0.1, -0.05) is 54.6 Å². The topological polar surface area (TPSA) is 105 Å². The number of ether oxygens (including phenoxy) is 1. The van der Waals surface area contributed by atoms with Crippen molar-refractivity contribution in [3.63, 3.8) is 0 Å². The van der Waals surface area contributed by atoms with E-state index >= 15 is 0 Å². The molecule has 1 aliphatic heterocycles. The lowest BCUT2D eigenvalue weighted by Crippen LogP contribution is -2.58. The smallest absolute Gasteiger partial charge is 0.407 e. The van der Waals surface area contributed by atoms with Crippen LogP contribution in [-0.4, -0.2) is 53.2 Å². The molecule has 0 aliphatic carbocycles. The molecule has 0 unspecified atom stereocenters. The zero-order valence-corrected chi connectivity index (χ0v) is 21.4. The minimum atomic E-state index is -0.348. The number of anilines is 2. The average molecular weight is 497 g/mol. The Morgan fingerprint density at radius 2 is 1.62 bits per heavy atom. The first-order valence-electron chi connectivity index (χ1n) is 12.5. The van der Waals surface area contributed by atoms with Gasteiger partial charge in [0.25, 0.3) is 0 Å². The fourth-order valence-corrected chi connectivity index (χ4v) is 4.57. The van der Waals surface area contributed by atoms with E-state index in [1.807, 2.05) is 51.2 Å². The first kappa shape index (κ1) is 24.5. The van der Waals surface area contributed by atoms with Crippen molar-refractivity contribution >= 4 is 28.5 Å². The van der Waals surface area contributed by atoms with Gasteiger partial charge in [-0.3, -0.25) is 4.90 Å². The number of alkyl carbamates (subject to hydrolysis) is 1. The SMILES string of the molecule is CNc1cc2nc(-c3ccccc3)c(-c3ccc(CN4CC(NC(=O)OC(C)C)C4)cc3)nc2cc1N. The Morgan fingerprint density at radius 3 is 2.24 bits per heavy atom. The third-order valence-electron chi connectivity index (χ3n) is 6.41. The molecule has 8 heteroatoms. The van der Waals surface area contributed by atoms with Crippen molar-refractivity contribution in [3.05, 3.63) is 72.3 Å². The van der Waals surface area contributed by atoms with Gasteiger partial charge in [-0.25, -0.2) is 14.8 Å². The van der Waals surface area contributed by atoms with Crippen LogP contribution in [0.25, 0.3) is 33.5 Å². The summed E-state index contributed by atoms with van der Waals surface area (Å²) in [7, 11) is 1.84. The molecule has 5 rings (SSSR count). The van der Waals surface area contributed by atoms with Crippen molar-refractivity contribution in [1.29, 1.82) is 0 Å². The summed E-state index contributed by atoms with van der Waals surface area (Å²) in [5, 5.41) is 6.03. The highest BCUT2D eigenvalue weighted by atomic mass is 16.6. The van der Waals surface area contributed by atoms with E-state index in [0.717, 1.165) is 58.9 Å². The molecule has 0 radical (unpaired) electrons. The monoisotopic (exact) mass is 496 g/mol. The number of carbonyl (C=O) groups is 1. The third-order valence-corrected chi connectivity index (χ3v) is 6.41. The lowest BCUT2D eigenvalue weighted by molar-refractivity contribution is 0.0824. The van der Waals surface area contributed by atoms with Crippen LogP contribution in [0.3, 0.4) is 0 Å².